The van der Waals surface area contributed by atoms with E-state index < -0.39 is 17.6 Å². The van der Waals surface area contributed by atoms with Gasteiger partial charge in [-0.25, -0.2) is 0 Å². The van der Waals surface area contributed by atoms with Crippen LogP contribution in [-0.2, 0) is 19.1 Å². The van der Waals surface area contributed by atoms with E-state index in [2.05, 4.69) is 10.2 Å². The summed E-state index contributed by atoms with van der Waals surface area (Å²) in [4.78, 5) is 15.2. The van der Waals surface area contributed by atoms with Gasteiger partial charge in [-0.2, -0.15) is 13.2 Å². The van der Waals surface area contributed by atoms with Crippen LogP contribution in [0, 0.1) is 0 Å². The highest BCUT2D eigenvalue weighted by atomic mass is 35.5. The van der Waals surface area contributed by atoms with Gasteiger partial charge in [0.1, 0.15) is 5.75 Å². The largest absolute Gasteiger partial charge is 0.496 e. The molecule has 4 rings (SSSR count). The Morgan fingerprint density at radius 2 is 1.80 bits per heavy atom. The Bertz CT molecular complexity index is 1230. The molecule has 8 heteroatoms. The van der Waals surface area contributed by atoms with Crippen molar-refractivity contribution in [3.8, 4) is 5.75 Å². The van der Waals surface area contributed by atoms with E-state index in [9.17, 15) is 18.0 Å². The second-order valence-corrected chi connectivity index (χ2v) is 8.26. The third kappa shape index (κ3) is 6.05. The highest BCUT2D eigenvalue weighted by Crippen LogP contribution is 2.37. The number of hydrogen-bond acceptors (Lipinski definition) is 3. The van der Waals surface area contributed by atoms with E-state index in [1.807, 2.05) is 61.7 Å². The SMILES string of the molecule is COc1ccc(C(=O)Nc2ccc3c(c2/C=C/c2ccccc2)CN(C)CC3)cc1C(F)(F)F.Cl. The monoisotopic (exact) mass is 502 g/mol. The number of anilines is 1. The highest BCUT2D eigenvalue weighted by Gasteiger charge is 2.35. The van der Waals surface area contributed by atoms with Crippen LogP contribution in [0.2, 0.25) is 0 Å². The van der Waals surface area contributed by atoms with E-state index in [1.165, 1.54) is 18.7 Å². The van der Waals surface area contributed by atoms with E-state index in [0.717, 1.165) is 41.8 Å². The lowest BCUT2D eigenvalue weighted by Crippen LogP contribution is -2.27. The zero-order valence-electron chi connectivity index (χ0n) is 19.4. The third-order valence-electron chi connectivity index (χ3n) is 5.90. The molecule has 1 aliphatic rings. The zero-order chi connectivity index (χ0) is 24.3. The maximum atomic E-state index is 13.4. The Hall–Kier alpha value is -3.29. The van der Waals surface area contributed by atoms with Crippen LogP contribution < -0.4 is 10.1 Å². The van der Waals surface area contributed by atoms with Gasteiger partial charge in [0.15, 0.2) is 0 Å². The summed E-state index contributed by atoms with van der Waals surface area (Å²) in [7, 11) is 3.20. The number of amides is 1. The van der Waals surface area contributed by atoms with Gasteiger partial charge in [-0.05, 0) is 54.4 Å². The minimum absolute atomic E-state index is 0. The molecule has 1 amide bonds. The average molecular weight is 503 g/mol. The summed E-state index contributed by atoms with van der Waals surface area (Å²) in [5.74, 6) is -0.945. The van der Waals surface area contributed by atoms with Crippen molar-refractivity contribution in [2.45, 2.75) is 19.1 Å². The topological polar surface area (TPSA) is 41.6 Å². The first kappa shape index (κ1) is 26.3. The van der Waals surface area contributed by atoms with Crippen molar-refractivity contribution < 1.29 is 22.7 Å². The van der Waals surface area contributed by atoms with Gasteiger partial charge in [0.2, 0.25) is 0 Å². The molecule has 0 bridgehead atoms. The Labute approximate surface area is 208 Å². The lowest BCUT2D eigenvalue weighted by atomic mass is 9.93. The summed E-state index contributed by atoms with van der Waals surface area (Å²) in [6, 6.07) is 16.9. The normalized spacial score (nSPS) is 13.7. The van der Waals surface area contributed by atoms with Crippen LogP contribution in [0.5, 0.6) is 5.75 Å². The predicted molar refractivity (Wildman–Crippen MR) is 135 cm³/mol. The number of nitrogens with zero attached hydrogens (tertiary/aromatic N) is 1. The lowest BCUT2D eigenvalue weighted by Gasteiger charge is -2.27. The first-order valence-corrected chi connectivity index (χ1v) is 10.9. The number of carbonyl (C=O) groups is 1. The second-order valence-electron chi connectivity index (χ2n) is 8.26. The molecule has 4 nitrogen and oxygen atoms in total. The number of ether oxygens (including phenoxy) is 1. The smallest absolute Gasteiger partial charge is 0.419 e. The number of likely N-dealkylation sites (N-methyl/N-ethyl adjacent to an activating group) is 1. The Morgan fingerprint density at radius 3 is 2.49 bits per heavy atom. The minimum atomic E-state index is -4.64. The molecule has 0 aliphatic carbocycles. The summed E-state index contributed by atoms with van der Waals surface area (Å²) in [6.45, 7) is 1.65. The number of rotatable bonds is 5. The van der Waals surface area contributed by atoms with E-state index >= 15 is 0 Å². The van der Waals surface area contributed by atoms with Crippen molar-refractivity contribution in [1.82, 2.24) is 4.90 Å². The predicted octanol–water partition coefficient (Wildman–Crippen LogP) is 6.55. The minimum Gasteiger partial charge on any atom is -0.496 e. The standard InChI is InChI=1S/C27H25F3N2O2.ClH/c1-32-15-14-19-9-12-24(21(22(19)17-32)11-8-18-6-4-3-5-7-18)31-26(33)20-10-13-25(34-2)23(16-20)27(28,29)30;/h3-13,16H,14-15,17H2,1-2H3,(H,31,33);1H/b11-8+;. The quantitative estimate of drug-likeness (QED) is 0.402. The van der Waals surface area contributed by atoms with Crippen LogP contribution in [0.25, 0.3) is 12.2 Å². The van der Waals surface area contributed by atoms with Crippen molar-refractivity contribution in [2.75, 3.05) is 26.0 Å². The number of fused-ring (bicyclic) bond motifs is 1. The van der Waals surface area contributed by atoms with Gasteiger partial charge >= 0.3 is 6.18 Å². The molecule has 3 aromatic rings. The number of nitrogens with one attached hydrogen (secondary N) is 1. The van der Waals surface area contributed by atoms with Gasteiger partial charge in [0.25, 0.3) is 5.91 Å². The molecular formula is C27H26ClF3N2O2. The Kier molecular flexibility index (Phi) is 8.25. The second kappa shape index (κ2) is 11.0. The summed E-state index contributed by atoms with van der Waals surface area (Å²) in [5, 5.41) is 2.83. The Morgan fingerprint density at radius 1 is 1.06 bits per heavy atom. The molecule has 1 heterocycles. The van der Waals surface area contributed by atoms with Gasteiger partial charge < -0.3 is 15.0 Å². The fraction of sp³-hybridized carbons (Fsp3) is 0.222. The first-order chi connectivity index (χ1) is 16.3. The number of benzene rings is 3. The van der Waals surface area contributed by atoms with Gasteiger partial charge in [-0.3, -0.25) is 4.79 Å². The van der Waals surface area contributed by atoms with Gasteiger partial charge in [0.05, 0.1) is 12.7 Å². The van der Waals surface area contributed by atoms with Crippen molar-refractivity contribution in [2.24, 2.45) is 0 Å². The van der Waals surface area contributed by atoms with Crippen molar-refractivity contribution in [1.29, 1.82) is 0 Å². The van der Waals surface area contributed by atoms with Crippen LogP contribution in [0.4, 0.5) is 18.9 Å². The number of hydrogen-bond donors (Lipinski definition) is 1. The van der Waals surface area contributed by atoms with E-state index in [-0.39, 0.29) is 23.7 Å². The number of methoxy groups -OCH3 is 1. The first-order valence-electron chi connectivity index (χ1n) is 10.9. The fourth-order valence-electron chi connectivity index (χ4n) is 4.10. The van der Waals surface area contributed by atoms with E-state index in [0.29, 0.717) is 12.2 Å². The van der Waals surface area contributed by atoms with Crippen LogP contribution in [0.15, 0.2) is 60.7 Å². The highest BCUT2D eigenvalue weighted by molar-refractivity contribution is 6.06. The molecule has 1 aliphatic heterocycles. The molecule has 0 unspecified atom stereocenters. The zero-order valence-corrected chi connectivity index (χ0v) is 20.2. The summed E-state index contributed by atoms with van der Waals surface area (Å²) in [5.41, 5.74) is 3.63. The van der Waals surface area contributed by atoms with Gasteiger partial charge in [0, 0.05) is 29.9 Å². The molecular weight excluding hydrogens is 477 g/mol. The molecule has 184 valence electrons. The third-order valence-corrected chi connectivity index (χ3v) is 5.90. The molecule has 0 spiro atoms. The fourth-order valence-corrected chi connectivity index (χ4v) is 4.10. The maximum Gasteiger partial charge on any atom is 0.419 e. The van der Waals surface area contributed by atoms with E-state index in [4.69, 9.17) is 4.74 Å². The van der Waals surface area contributed by atoms with Crippen molar-refractivity contribution >= 4 is 36.2 Å². The molecule has 0 saturated carbocycles. The van der Waals surface area contributed by atoms with Crippen LogP contribution in [-0.4, -0.2) is 31.5 Å². The summed E-state index contributed by atoms with van der Waals surface area (Å²) in [6.07, 6.45) is 0.175. The van der Waals surface area contributed by atoms with Crippen LogP contribution in [0.3, 0.4) is 0 Å². The molecule has 0 atom stereocenters. The van der Waals surface area contributed by atoms with Crippen molar-refractivity contribution in [3.63, 3.8) is 0 Å². The van der Waals surface area contributed by atoms with Crippen molar-refractivity contribution in [3.05, 3.63) is 94.0 Å². The van der Waals surface area contributed by atoms with Crippen LogP contribution in [0.1, 0.15) is 38.2 Å². The molecule has 0 aromatic heterocycles. The molecule has 0 fully saturated rings. The molecule has 3 aromatic carbocycles. The summed E-state index contributed by atoms with van der Waals surface area (Å²) < 4.78 is 45.1. The average Bonchev–Trinajstić information content (AvgIpc) is 2.82. The molecule has 0 saturated heterocycles. The van der Waals surface area contributed by atoms with Gasteiger partial charge in [-0.15, -0.1) is 12.4 Å². The number of carbonyl (C=O) groups excluding carboxylic acids is 1. The molecule has 1 N–H and O–H groups in total. The lowest BCUT2D eigenvalue weighted by molar-refractivity contribution is -0.138. The van der Waals surface area contributed by atoms with E-state index in [1.54, 1.807) is 0 Å². The number of halogens is 4. The number of alkyl halides is 3. The Balaban J connectivity index is 0.00000342. The molecule has 0 radical (unpaired) electrons. The van der Waals surface area contributed by atoms with Crippen LogP contribution >= 0.6 is 12.4 Å². The summed E-state index contributed by atoms with van der Waals surface area (Å²) >= 11 is 0. The maximum absolute atomic E-state index is 13.4. The van der Waals surface area contributed by atoms with Gasteiger partial charge in [-0.1, -0.05) is 48.6 Å². The molecule has 35 heavy (non-hydrogen) atoms.